The van der Waals surface area contributed by atoms with Crippen molar-refractivity contribution in [2.24, 2.45) is 0 Å². The minimum absolute atomic E-state index is 0.0744. The second kappa shape index (κ2) is 6.17. The molecule has 1 rings (SSSR count). The third-order valence-electron chi connectivity index (χ3n) is 1.68. The summed E-state index contributed by atoms with van der Waals surface area (Å²) in [6.45, 7) is 2.50. The summed E-state index contributed by atoms with van der Waals surface area (Å²) in [5.41, 5.74) is 0. The summed E-state index contributed by atoms with van der Waals surface area (Å²) in [4.78, 5) is 3.89. The van der Waals surface area contributed by atoms with E-state index in [1.807, 2.05) is 6.92 Å². The van der Waals surface area contributed by atoms with E-state index in [0.717, 1.165) is 4.47 Å². The molecule has 0 bridgehead atoms. The van der Waals surface area contributed by atoms with E-state index in [9.17, 15) is 8.42 Å². The Balaban J connectivity index is 2.59. The van der Waals surface area contributed by atoms with Crippen LogP contribution in [-0.4, -0.2) is 32.4 Å². The van der Waals surface area contributed by atoms with E-state index in [2.05, 4.69) is 25.6 Å². The molecule has 0 amide bonds. The van der Waals surface area contributed by atoms with Gasteiger partial charge in [0.1, 0.15) is 5.82 Å². The van der Waals surface area contributed by atoms with Crippen LogP contribution in [0.5, 0.6) is 0 Å². The molecule has 0 spiro atoms. The van der Waals surface area contributed by atoms with Gasteiger partial charge >= 0.3 is 0 Å². The Morgan fingerprint density at radius 1 is 1.56 bits per heavy atom. The Kier molecular flexibility index (Phi) is 5.17. The second-order valence-corrected chi connectivity index (χ2v) is 5.73. The quantitative estimate of drug-likeness (QED) is 0.811. The van der Waals surface area contributed by atoms with E-state index in [-0.39, 0.29) is 12.4 Å². The van der Waals surface area contributed by atoms with Gasteiger partial charge in [-0.15, -0.1) is 0 Å². The Morgan fingerprint density at radius 2 is 2.31 bits per heavy atom. The average molecular weight is 309 g/mol. The van der Waals surface area contributed by atoms with Crippen LogP contribution in [0, 0.1) is 0 Å². The van der Waals surface area contributed by atoms with Crippen LogP contribution in [0.1, 0.15) is 6.92 Å². The van der Waals surface area contributed by atoms with Gasteiger partial charge in [0.2, 0.25) is 10.0 Å². The molecule has 0 saturated carbocycles. The highest BCUT2D eigenvalue weighted by molar-refractivity contribution is 9.10. The fourth-order valence-corrected chi connectivity index (χ4v) is 2.19. The smallest absolute Gasteiger partial charge is 0.236 e. The molecule has 5 nitrogen and oxygen atoms in total. The van der Waals surface area contributed by atoms with Gasteiger partial charge in [0.25, 0.3) is 0 Å². The number of anilines is 1. The topological polar surface area (TPSA) is 68.3 Å². The first kappa shape index (κ1) is 13.4. The molecule has 7 heteroatoms. The van der Waals surface area contributed by atoms with Crippen LogP contribution in [0.3, 0.4) is 0 Å². The van der Waals surface area contributed by atoms with Gasteiger partial charge < -0.3 is 4.74 Å². The van der Waals surface area contributed by atoms with E-state index < -0.39 is 10.0 Å². The lowest BCUT2D eigenvalue weighted by molar-refractivity contribution is 0.163. The zero-order valence-corrected chi connectivity index (χ0v) is 11.2. The number of nitrogens with zero attached hydrogens (tertiary/aromatic N) is 1. The zero-order chi connectivity index (χ0) is 12.0. The maximum atomic E-state index is 11.5. The van der Waals surface area contributed by atoms with Crippen LogP contribution in [0.4, 0.5) is 5.82 Å². The number of rotatable bonds is 6. The number of aromatic nitrogens is 1. The zero-order valence-electron chi connectivity index (χ0n) is 8.81. The molecule has 0 aliphatic carbocycles. The summed E-state index contributed by atoms with van der Waals surface area (Å²) in [6.07, 6.45) is 1.52. The summed E-state index contributed by atoms with van der Waals surface area (Å²) in [7, 11) is -3.38. The summed E-state index contributed by atoms with van der Waals surface area (Å²) in [6, 6.07) is 3.32. The van der Waals surface area contributed by atoms with E-state index >= 15 is 0 Å². The summed E-state index contributed by atoms with van der Waals surface area (Å²) in [5, 5.41) is 0. The van der Waals surface area contributed by atoms with Gasteiger partial charge in [-0.25, -0.2) is 13.4 Å². The normalized spacial score (nSPS) is 11.4. The molecule has 90 valence electrons. The summed E-state index contributed by atoms with van der Waals surface area (Å²) in [5.74, 6) is 0.223. The Labute approximate surface area is 103 Å². The lowest BCUT2D eigenvalue weighted by Crippen LogP contribution is -2.20. The van der Waals surface area contributed by atoms with Crippen LogP contribution in [0.15, 0.2) is 22.8 Å². The van der Waals surface area contributed by atoms with Crippen molar-refractivity contribution in [3.63, 3.8) is 0 Å². The van der Waals surface area contributed by atoms with Crippen molar-refractivity contribution in [2.75, 3.05) is 23.7 Å². The number of ether oxygens (including phenoxy) is 1. The fraction of sp³-hybridized carbons (Fsp3) is 0.444. The first-order chi connectivity index (χ1) is 7.53. The SMILES string of the molecule is CCOCCS(=O)(=O)Nc1cc(Br)ccn1. The van der Waals surface area contributed by atoms with E-state index in [1.54, 1.807) is 12.1 Å². The Bertz CT molecular complexity index is 436. The highest BCUT2D eigenvalue weighted by Crippen LogP contribution is 2.13. The van der Waals surface area contributed by atoms with E-state index in [4.69, 9.17) is 4.74 Å². The third kappa shape index (κ3) is 4.91. The van der Waals surface area contributed by atoms with E-state index in [1.165, 1.54) is 6.20 Å². The molecule has 16 heavy (non-hydrogen) atoms. The molecule has 1 aromatic heterocycles. The molecule has 1 heterocycles. The minimum Gasteiger partial charge on any atom is -0.381 e. The highest BCUT2D eigenvalue weighted by Gasteiger charge is 2.10. The van der Waals surface area contributed by atoms with Crippen LogP contribution < -0.4 is 4.72 Å². The first-order valence-corrected chi connectivity index (χ1v) is 7.18. The van der Waals surface area contributed by atoms with E-state index in [0.29, 0.717) is 12.4 Å². The third-order valence-corrected chi connectivity index (χ3v) is 3.40. The van der Waals surface area contributed by atoms with Crippen LogP contribution in [0.25, 0.3) is 0 Å². The van der Waals surface area contributed by atoms with Gasteiger partial charge in [0.05, 0.1) is 12.4 Å². The molecule has 0 aromatic carbocycles. The van der Waals surface area contributed by atoms with Crippen molar-refractivity contribution in [1.82, 2.24) is 4.98 Å². The Hall–Kier alpha value is -0.660. The molecule has 0 radical (unpaired) electrons. The molecule has 0 atom stereocenters. The van der Waals surface area contributed by atoms with Gasteiger partial charge in [-0.1, -0.05) is 15.9 Å². The van der Waals surface area contributed by atoms with Crippen LogP contribution in [-0.2, 0) is 14.8 Å². The fourth-order valence-electron chi connectivity index (χ4n) is 0.984. The maximum Gasteiger partial charge on any atom is 0.236 e. The first-order valence-electron chi connectivity index (χ1n) is 4.73. The predicted molar refractivity (Wildman–Crippen MR) is 65.8 cm³/mol. The van der Waals surface area contributed by atoms with Gasteiger partial charge in [0.15, 0.2) is 0 Å². The highest BCUT2D eigenvalue weighted by atomic mass is 79.9. The maximum absolute atomic E-state index is 11.5. The standard InChI is InChI=1S/C9H13BrN2O3S/c1-2-15-5-6-16(13,14)12-9-7-8(10)3-4-11-9/h3-4,7H,2,5-6H2,1H3,(H,11,12). The van der Waals surface area contributed by atoms with Crippen molar-refractivity contribution < 1.29 is 13.2 Å². The molecule has 0 aliphatic rings. The number of sulfonamides is 1. The largest absolute Gasteiger partial charge is 0.381 e. The lowest BCUT2D eigenvalue weighted by Gasteiger charge is -2.07. The average Bonchev–Trinajstić information content (AvgIpc) is 2.17. The lowest BCUT2D eigenvalue weighted by atomic mass is 10.5. The van der Waals surface area contributed by atoms with Crippen LogP contribution >= 0.6 is 15.9 Å². The van der Waals surface area contributed by atoms with Gasteiger partial charge in [-0.3, -0.25) is 4.72 Å². The van der Waals surface area contributed by atoms with Gasteiger partial charge in [-0.05, 0) is 19.1 Å². The van der Waals surface area contributed by atoms with Gasteiger partial charge in [0, 0.05) is 17.3 Å². The second-order valence-electron chi connectivity index (χ2n) is 2.98. The monoisotopic (exact) mass is 308 g/mol. The Morgan fingerprint density at radius 3 is 2.94 bits per heavy atom. The molecule has 0 unspecified atom stereocenters. The molecule has 0 saturated heterocycles. The van der Waals surface area contributed by atoms with Crippen molar-refractivity contribution in [1.29, 1.82) is 0 Å². The van der Waals surface area contributed by atoms with Crippen molar-refractivity contribution in [2.45, 2.75) is 6.92 Å². The molecule has 0 aliphatic heterocycles. The summed E-state index contributed by atoms with van der Waals surface area (Å²) < 4.78 is 31.2. The predicted octanol–water partition coefficient (Wildman–Crippen LogP) is 1.62. The van der Waals surface area contributed by atoms with Crippen molar-refractivity contribution in [3.8, 4) is 0 Å². The molecule has 0 fully saturated rings. The van der Waals surface area contributed by atoms with Crippen molar-refractivity contribution in [3.05, 3.63) is 22.8 Å². The number of pyridine rings is 1. The number of hydrogen-bond acceptors (Lipinski definition) is 4. The van der Waals surface area contributed by atoms with Gasteiger partial charge in [-0.2, -0.15) is 0 Å². The van der Waals surface area contributed by atoms with Crippen molar-refractivity contribution >= 4 is 31.8 Å². The number of nitrogens with one attached hydrogen (secondary N) is 1. The molecular weight excluding hydrogens is 296 g/mol. The molecule has 1 aromatic rings. The molecule has 1 N–H and O–H groups in total. The van der Waals surface area contributed by atoms with Crippen LogP contribution in [0.2, 0.25) is 0 Å². The number of halogens is 1. The molecular formula is C9H13BrN2O3S. The summed E-state index contributed by atoms with van der Waals surface area (Å²) >= 11 is 3.23. The minimum atomic E-state index is -3.38. The number of hydrogen-bond donors (Lipinski definition) is 1.